The standard InChI is InChI=1S/C11H12BrN3O/c1-7-3-4-9(12)10(5-7)13-6-11-15-14-8(2)16-11/h3-5,13H,6H2,1-2H3. The SMILES string of the molecule is Cc1ccc(Br)c(NCc2nnc(C)o2)c1. The van der Waals surface area contributed by atoms with Gasteiger partial charge in [0.25, 0.3) is 0 Å². The molecule has 1 aromatic heterocycles. The van der Waals surface area contributed by atoms with Crippen LogP contribution in [0.4, 0.5) is 5.69 Å². The summed E-state index contributed by atoms with van der Waals surface area (Å²) in [6, 6.07) is 6.12. The fourth-order valence-electron chi connectivity index (χ4n) is 1.35. The molecule has 2 rings (SSSR count). The first kappa shape index (κ1) is 11.1. The van der Waals surface area contributed by atoms with Crippen LogP contribution in [0.2, 0.25) is 0 Å². The molecule has 0 unspecified atom stereocenters. The number of hydrogen-bond donors (Lipinski definition) is 1. The molecule has 84 valence electrons. The molecular weight excluding hydrogens is 270 g/mol. The monoisotopic (exact) mass is 281 g/mol. The van der Waals surface area contributed by atoms with Crippen LogP contribution in [0.3, 0.4) is 0 Å². The van der Waals surface area contributed by atoms with Crippen molar-refractivity contribution in [2.45, 2.75) is 20.4 Å². The molecule has 16 heavy (non-hydrogen) atoms. The largest absolute Gasteiger partial charge is 0.424 e. The molecule has 0 atom stereocenters. The van der Waals surface area contributed by atoms with Gasteiger partial charge in [-0.1, -0.05) is 6.07 Å². The summed E-state index contributed by atoms with van der Waals surface area (Å²) in [6.45, 7) is 4.36. The smallest absolute Gasteiger partial charge is 0.235 e. The predicted octanol–water partition coefficient (Wildman–Crippen LogP) is 3.06. The lowest BCUT2D eigenvalue weighted by atomic mass is 10.2. The maximum atomic E-state index is 5.28. The number of halogens is 1. The summed E-state index contributed by atoms with van der Waals surface area (Å²) >= 11 is 3.48. The van der Waals surface area contributed by atoms with Crippen molar-refractivity contribution in [3.05, 3.63) is 40.0 Å². The Bertz CT molecular complexity index is 496. The van der Waals surface area contributed by atoms with Gasteiger partial charge in [0.1, 0.15) is 0 Å². The van der Waals surface area contributed by atoms with Crippen LogP contribution in [-0.2, 0) is 6.54 Å². The number of nitrogens with zero attached hydrogens (tertiary/aromatic N) is 2. The predicted molar refractivity (Wildman–Crippen MR) is 65.2 cm³/mol. The molecule has 4 nitrogen and oxygen atoms in total. The fraction of sp³-hybridized carbons (Fsp3) is 0.273. The third-order valence-corrected chi connectivity index (χ3v) is 2.81. The van der Waals surface area contributed by atoms with Crippen molar-refractivity contribution in [3.8, 4) is 0 Å². The summed E-state index contributed by atoms with van der Waals surface area (Å²) in [6.07, 6.45) is 0. The second-order valence-electron chi connectivity index (χ2n) is 3.55. The van der Waals surface area contributed by atoms with Crippen LogP contribution in [0.1, 0.15) is 17.3 Å². The van der Waals surface area contributed by atoms with Crippen LogP contribution in [-0.4, -0.2) is 10.2 Å². The zero-order chi connectivity index (χ0) is 11.5. The van der Waals surface area contributed by atoms with Crippen LogP contribution in [0, 0.1) is 13.8 Å². The molecule has 0 saturated heterocycles. The van der Waals surface area contributed by atoms with Crippen LogP contribution in [0.5, 0.6) is 0 Å². The second-order valence-corrected chi connectivity index (χ2v) is 4.41. The van der Waals surface area contributed by atoms with Crippen molar-refractivity contribution >= 4 is 21.6 Å². The molecule has 1 heterocycles. The highest BCUT2D eigenvalue weighted by molar-refractivity contribution is 9.10. The molecule has 0 aliphatic carbocycles. The highest BCUT2D eigenvalue weighted by atomic mass is 79.9. The summed E-state index contributed by atoms with van der Waals surface area (Å²) in [5, 5.41) is 10.9. The molecule has 0 spiro atoms. The van der Waals surface area contributed by atoms with E-state index in [1.54, 1.807) is 6.92 Å². The maximum absolute atomic E-state index is 5.28. The van der Waals surface area contributed by atoms with Gasteiger partial charge < -0.3 is 9.73 Å². The normalized spacial score (nSPS) is 10.4. The van der Waals surface area contributed by atoms with Gasteiger partial charge in [0.05, 0.1) is 6.54 Å². The fourth-order valence-corrected chi connectivity index (χ4v) is 1.74. The molecular formula is C11H12BrN3O. The van der Waals surface area contributed by atoms with E-state index in [9.17, 15) is 0 Å². The number of rotatable bonds is 3. The molecule has 0 radical (unpaired) electrons. The van der Waals surface area contributed by atoms with Gasteiger partial charge in [-0.2, -0.15) is 0 Å². The first-order valence-electron chi connectivity index (χ1n) is 4.94. The Balaban J connectivity index is 2.07. The Hall–Kier alpha value is -1.36. The van der Waals surface area contributed by atoms with Crippen LogP contribution < -0.4 is 5.32 Å². The van der Waals surface area contributed by atoms with Crippen molar-refractivity contribution in [2.24, 2.45) is 0 Å². The zero-order valence-electron chi connectivity index (χ0n) is 9.12. The molecule has 1 aromatic carbocycles. The van der Waals surface area contributed by atoms with Crippen LogP contribution in [0.25, 0.3) is 0 Å². The van der Waals surface area contributed by atoms with Crippen molar-refractivity contribution in [3.63, 3.8) is 0 Å². The molecule has 0 bridgehead atoms. The van der Waals surface area contributed by atoms with Crippen molar-refractivity contribution in [1.82, 2.24) is 10.2 Å². The van der Waals surface area contributed by atoms with E-state index in [1.807, 2.05) is 12.1 Å². The second kappa shape index (κ2) is 4.65. The van der Waals surface area contributed by atoms with E-state index in [2.05, 4.69) is 44.4 Å². The van der Waals surface area contributed by atoms with Crippen molar-refractivity contribution in [1.29, 1.82) is 0 Å². The van der Waals surface area contributed by atoms with Gasteiger partial charge in [-0.3, -0.25) is 0 Å². The lowest BCUT2D eigenvalue weighted by Gasteiger charge is -2.06. The minimum Gasteiger partial charge on any atom is -0.424 e. The lowest BCUT2D eigenvalue weighted by molar-refractivity contribution is 0.475. The van der Waals surface area contributed by atoms with Gasteiger partial charge in [0.15, 0.2) is 0 Å². The summed E-state index contributed by atoms with van der Waals surface area (Å²) in [5.41, 5.74) is 2.23. The molecule has 5 heteroatoms. The quantitative estimate of drug-likeness (QED) is 0.940. The minimum atomic E-state index is 0.531. The molecule has 2 aromatic rings. The number of aryl methyl sites for hydroxylation is 2. The van der Waals surface area contributed by atoms with Gasteiger partial charge in [-0.15, -0.1) is 10.2 Å². The summed E-state index contributed by atoms with van der Waals surface area (Å²) in [5.74, 6) is 1.17. The number of anilines is 1. The molecule has 0 aliphatic heterocycles. The first-order valence-corrected chi connectivity index (χ1v) is 5.73. The van der Waals surface area contributed by atoms with E-state index in [0.29, 0.717) is 18.3 Å². The Morgan fingerprint density at radius 2 is 2.12 bits per heavy atom. The number of nitrogens with one attached hydrogen (secondary N) is 1. The van der Waals surface area contributed by atoms with Gasteiger partial charge in [-0.25, -0.2) is 0 Å². The van der Waals surface area contributed by atoms with Gasteiger partial charge >= 0.3 is 0 Å². The third kappa shape index (κ3) is 2.61. The van der Waals surface area contributed by atoms with E-state index >= 15 is 0 Å². The Morgan fingerprint density at radius 3 is 2.81 bits per heavy atom. The van der Waals surface area contributed by atoms with Crippen LogP contribution >= 0.6 is 15.9 Å². The zero-order valence-corrected chi connectivity index (χ0v) is 10.7. The van der Waals surface area contributed by atoms with Crippen molar-refractivity contribution < 1.29 is 4.42 Å². The molecule has 1 N–H and O–H groups in total. The maximum Gasteiger partial charge on any atom is 0.235 e. The molecule has 0 aliphatic rings. The Morgan fingerprint density at radius 1 is 1.31 bits per heavy atom. The van der Waals surface area contributed by atoms with Crippen LogP contribution in [0.15, 0.2) is 27.1 Å². The average molecular weight is 282 g/mol. The summed E-state index contributed by atoms with van der Waals surface area (Å²) in [4.78, 5) is 0. The van der Waals surface area contributed by atoms with E-state index < -0.39 is 0 Å². The average Bonchev–Trinajstić information content (AvgIpc) is 2.66. The Kier molecular flexibility index (Phi) is 3.24. The van der Waals surface area contributed by atoms with Gasteiger partial charge in [0.2, 0.25) is 11.8 Å². The topological polar surface area (TPSA) is 51.0 Å². The molecule has 0 amide bonds. The first-order chi connectivity index (χ1) is 7.65. The van der Waals surface area contributed by atoms with Crippen molar-refractivity contribution in [2.75, 3.05) is 5.32 Å². The highest BCUT2D eigenvalue weighted by Crippen LogP contribution is 2.23. The van der Waals surface area contributed by atoms with E-state index in [0.717, 1.165) is 10.2 Å². The lowest BCUT2D eigenvalue weighted by Crippen LogP contribution is -2.00. The number of benzene rings is 1. The number of aromatic nitrogens is 2. The van der Waals surface area contributed by atoms with E-state index in [1.165, 1.54) is 5.56 Å². The highest BCUT2D eigenvalue weighted by Gasteiger charge is 2.04. The molecule has 0 saturated carbocycles. The Labute approximate surface area is 102 Å². The summed E-state index contributed by atoms with van der Waals surface area (Å²) in [7, 11) is 0. The number of hydrogen-bond acceptors (Lipinski definition) is 4. The third-order valence-electron chi connectivity index (χ3n) is 2.12. The van der Waals surface area contributed by atoms with E-state index in [4.69, 9.17) is 4.42 Å². The summed E-state index contributed by atoms with van der Waals surface area (Å²) < 4.78 is 6.30. The van der Waals surface area contributed by atoms with Gasteiger partial charge in [0, 0.05) is 17.1 Å². The van der Waals surface area contributed by atoms with Gasteiger partial charge in [-0.05, 0) is 40.5 Å². The van der Waals surface area contributed by atoms with E-state index in [-0.39, 0.29) is 0 Å². The minimum absolute atomic E-state index is 0.531. The molecule has 0 fully saturated rings.